The molecule has 2 bridgehead atoms. The average Bonchev–Trinajstić information content (AvgIpc) is 2.43. The predicted octanol–water partition coefficient (Wildman–Crippen LogP) is 0.444. The lowest BCUT2D eigenvalue weighted by Gasteiger charge is -2.23. The van der Waals surface area contributed by atoms with Crippen LogP contribution in [0.3, 0.4) is 0 Å². The number of carbonyl (C=O) groups is 1. The molecule has 0 spiro atoms. The molecular weight excluding hydrogens is 142 g/mol. The quantitative estimate of drug-likeness (QED) is 0.577. The van der Waals surface area contributed by atoms with Gasteiger partial charge in [-0.1, -0.05) is 0 Å². The van der Waals surface area contributed by atoms with Crippen molar-refractivity contribution in [3.8, 4) is 0 Å². The van der Waals surface area contributed by atoms with Gasteiger partial charge in [-0.15, -0.1) is 0 Å². The Morgan fingerprint density at radius 2 is 2.09 bits per heavy atom. The molecule has 2 saturated carbocycles. The van der Waals surface area contributed by atoms with Crippen LogP contribution in [0.2, 0.25) is 0 Å². The summed E-state index contributed by atoms with van der Waals surface area (Å²) in [5.41, 5.74) is 5.78. The van der Waals surface area contributed by atoms with Gasteiger partial charge in [-0.2, -0.15) is 0 Å². The van der Waals surface area contributed by atoms with Crippen LogP contribution in [0.15, 0.2) is 0 Å². The third-order valence-electron chi connectivity index (χ3n) is 3.18. The van der Waals surface area contributed by atoms with Gasteiger partial charge in [0.1, 0.15) is 0 Å². The minimum Gasteiger partial charge on any atom is -0.481 e. The van der Waals surface area contributed by atoms with Crippen molar-refractivity contribution in [2.45, 2.75) is 25.3 Å². The molecule has 0 aromatic heterocycles. The van der Waals surface area contributed by atoms with E-state index in [0.29, 0.717) is 5.92 Å². The summed E-state index contributed by atoms with van der Waals surface area (Å²) in [6.07, 6.45) is 2.97. The summed E-state index contributed by atoms with van der Waals surface area (Å²) in [4.78, 5) is 10.7. The van der Waals surface area contributed by atoms with Crippen molar-refractivity contribution in [2.24, 2.45) is 23.5 Å². The van der Waals surface area contributed by atoms with Crippen LogP contribution in [0.5, 0.6) is 0 Å². The molecule has 0 aromatic rings. The average molecular weight is 155 g/mol. The maximum absolute atomic E-state index is 10.7. The van der Waals surface area contributed by atoms with Crippen LogP contribution in [-0.2, 0) is 4.79 Å². The zero-order valence-corrected chi connectivity index (χ0v) is 6.36. The normalized spacial score (nSPS) is 48.1. The van der Waals surface area contributed by atoms with Gasteiger partial charge in [0, 0.05) is 6.04 Å². The second-order valence-electron chi connectivity index (χ2n) is 3.85. The van der Waals surface area contributed by atoms with Gasteiger partial charge < -0.3 is 10.8 Å². The summed E-state index contributed by atoms with van der Waals surface area (Å²) in [6.45, 7) is 0. The van der Waals surface area contributed by atoms with Crippen LogP contribution in [0, 0.1) is 17.8 Å². The van der Waals surface area contributed by atoms with Gasteiger partial charge in [0.15, 0.2) is 0 Å². The summed E-state index contributed by atoms with van der Waals surface area (Å²) < 4.78 is 0. The highest BCUT2D eigenvalue weighted by Crippen LogP contribution is 2.47. The number of hydrogen-bond acceptors (Lipinski definition) is 2. The van der Waals surface area contributed by atoms with Gasteiger partial charge in [0.25, 0.3) is 0 Å². The number of fused-ring (bicyclic) bond motifs is 2. The Morgan fingerprint density at radius 1 is 1.36 bits per heavy atom. The van der Waals surface area contributed by atoms with Crippen LogP contribution >= 0.6 is 0 Å². The number of hydrogen-bond donors (Lipinski definition) is 2. The van der Waals surface area contributed by atoms with Gasteiger partial charge in [0.2, 0.25) is 0 Å². The van der Waals surface area contributed by atoms with E-state index in [1.54, 1.807) is 0 Å². The summed E-state index contributed by atoms with van der Waals surface area (Å²) in [6, 6.07) is 0.162. The van der Waals surface area contributed by atoms with Crippen molar-refractivity contribution >= 4 is 5.97 Å². The first kappa shape index (κ1) is 7.10. The van der Waals surface area contributed by atoms with E-state index in [2.05, 4.69) is 0 Å². The van der Waals surface area contributed by atoms with E-state index in [-0.39, 0.29) is 17.9 Å². The molecule has 0 heterocycles. The van der Waals surface area contributed by atoms with Gasteiger partial charge in [-0.3, -0.25) is 4.79 Å². The summed E-state index contributed by atoms with van der Waals surface area (Å²) >= 11 is 0. The molecular formula is C8H13NO2. The van der Waals surface area contributed by atoms with Gasteiger partial charge >= 0.3 is 5.97 Å². The lowest BCUT2D eigenvalue weighted by Crippen LogP contribution is -2.35. The Kier molecular flexibility index (Phi) is 1.42. The number of rotatable bonds is 1. The summed E-state index contributed by atoms with van der Waals surface area (Å²) in [5.74, 6) is 0.102. The Labute approximate surface area is 65.6 Å². The lowest BCUT2D eigenvalue weighted by molar-refractivity contribution is -0.143. The van der Waals surface area contributed by atoms with Gasteiger partial charge in [-0.05, 0) is 31.1 Å². The molecule has 3 heteroatoms. The molecule has 2 fully saturated rings. The summed E-state index contributed by atoms with van der Waals surface area (Å²) in [7, 11) is 0. The molecule has 0 amide bonds. The first-order chi connectivity index (χ1) is 5.18. The molecule has 2 aliphatic carbocycles. The van der Waals surface area contributed by atoms with Crippen LogP contribution in [-0.4, -0.2) is 17.1 Å². The maximum Gasteiger partial charge on any atom is 0.306 e. The first-order valence-electron chi connectivity index (χ1n) is 4.17. The molecule has 0 aromatic carbocycles. The second-order valence-corrected chi connectivity index (χ2v) is 3.85. The third-order valence-corrected chi connectivity index (χ3v) is 3.18. The van der Waals surface area contributed by atoms with E-state index >= 15 is 0 Å². The highest BCUT2D eigenvalue weighted by Gasteiger charge is 2.47. The Hall–Kier alpha value is -0.570. The topological polar surface area (TPSA) is 63.3 Å². The van der Waals surface area contributed by atoms with E-state index in [4.69, 9.17) is 10.8 Å². The van der Waals surface area contributed by atoms with E-state index in [9.17, 15) is 4.79 Å². The summed E-state index contributed by atoms with van der Waals surface area (Å²) in [5, 5.41) is 8.80. The lowest BCUT2D eigenvalue weighted by atomic mass is 9.86. The molecule has 0 saturated heterocycles. The molecule has 0 aliphatic heterocycles. The Morgan fingerprint density at radius 3 is 2.45 bits per heavy atom. The molecule has 3 nitrogen and oxygen atoms in total. The van der Waals surface area contributed by atoms with Gasteiger partial charge in [-0.25, -0.2) is 0 Å². The van der Waals surface area contributed by atoms with Gasteiger partial charge in [0.05, 0.1) is 5.92 Å². The fraction of sp³-hybridized carbons (Fsp3) is 0.875. The SMILES string of the molecule is N[C@@H]1C[C@H]2C[C@@H]1[C@H](C(=O)O)C2. The van der Waals surface area contributed by atoms with Crippen molar-refractivity contribution in [3.05, 3.63) is 0 Å². The number of carboxylic acid groups (broad SMARTS) is 1. The monoisotopic (exact) mass is 155 g/mol. The smallest absolute Gasteiger partial charge is 0.306 e. The van der Waals surface area contributed by atoms with Crippen LogP contribution in [0.4, 0.5) is 0 Å². The molecule has 2 rings (SSSR count). The van der Waals surface area contributed by atoms with E-state index in [1.165, 1.54) is 0 Å². The van der Waals surface area contributed by atoms with E-state index in [0.717, 1.165) is 19.3 Å². The van der Waals surface area contributed by atoms with Crippen molar-refractivity contribution in [3.63, 3.8) is 0 Å². The molecule has 2 aliphatic rings. The second kappa shape index (κ2) is 2.21. The minimum absolute atomic E-state index is 0.135. The molecule has 11 heavy (non-hydrogen) atoms. The first-order valence-corrected chi connectivity index (χ1v) is 4.17. The zero-order valence-electron chi connectivity index (χ0n) is 6.36. The molecule has 4 atom stereocenters. The van der Waals surface area contributed by atoms with Crippen molar-refractivity contribution in [1.29, 1.82) is 0 Å². The molecule has 0 unspecified atom stereocenters. The third kappa shape index (κ3) is 0.948. The van der Waals surface area contributed by atoms with Crippen molar-refractivity contribution in [1.82, 2.24) is 0 Å². The minimum atomic E-state index is -0.646. The number of aliphatic carboxylic acids is 1. The van der Waals surface area contributed by atoms with Crippen LogP contribution in [0.1, 0.15) is 19.3 Å². The highest BCUT2D eigenvalue weighted by molar-refractivity contribution is 5.71. The van der Waals surface area contributed by atoms with Crippen molar-refractivity contribution < 1.29 is 9.90 Å². The Bertz CT molecular complexity index is 193. The van der Waals surface area contributed by atoms with Crippen LogP contribution in [0.25, 0.3) is 0 Å². The fourth-order valence-electron chi connectivity index (χ4n) is 2.69. The molecule has 3 N–H and O–H groups in total. The molecule has 62 valence electrons. The molecule has 0 radical (unpaired) electrons. The highest BCUT2D eigenvalue weighted by atomic mass is 16.4. The standard InChI is InChI=1S/C8H13NO2/c9-7-3-4-1-5(7)6(2-4)8(10)11/h4-7H,1-3,9H2,(H,10,11)/t4-,5+,6+,7+/m0/s1. The van der Waals surface area contributed by atoms with E-state index < -0.39 is 5.97 Å². The number of carboxylic acids is 1. The maximum atomic E-state index is 10.7. The van der Waals surface area contributed by atoms with Crippen LogP contribution < -0.4 is 5.73 Å². The largest absolute Gasteiger partial charge is 0.481 e. The number of nitrogens with two attached hydrogens (primary N) is 1. The Balaban J connectivity index is 2.12. The fourth-order valence-corrected chi connectivity index (χ4v) is 2.69. The van der Waals surface area contributed by atoms with Crippen molar-refractivity contribution in [2.75, 3.05) is 0 Å². The predicted molar refractivity (Wildman–Crippen MR) is 39.9 cm³/mol. The zero-order chi connectivity index (χ0) is 8.01. The van der Waals surface area contributed by atoms with E-state index in [1.807, 2.05) is 0 Å².